The van der Waals surface area contributed by atoms with E-state index in [2.05, 4.69) is 68.3 Å². The molecule has 5 nitrogen and oxygen atoms in total. The molecule has 2 fully saturated rings. The highest BCUT2D eigenvalue weighted by atomic mass is 16.6. The summed E-state index contributed by atoms with van der Waals surface area (Å²) in [5, 5.41) is 4.27. The van der Waals surface area contributed by atoms with E-state index in [1.807, 2.05) is 6.92 Å². The fourth-order valence-corrected chi connectivity index (χ4v) is 8.22. The maximum atomic E-state index is 13.7. The number of ether oxygens (including phenoxy) is 1. The topological polar surface area (TPSA) is 51.1 Å². The molecule has 0 bridgehead atoms. The quantitative estimate of drug-likeness (QED) is 0.388. The summed E-state index contributed by atoms with van der Waals surface area (Å²) in [6.45, 7) is 7.49. The van der Waals surface area contributed by atoms with Crippen LogP contribution in [0.2, 0.25) is 0 Å². The van der Waals surface area contributed by atoms with E-state index in [1.165, 1.54) is 16.8 Å². The number of hydrogen-bond donors (Lipinski definition) is 0. The van der Waals surface area contributed by atoms with Crippen molar-refractivity contribution in [2.45, 2.75) is 71.6 Å². The third-order valence-electron chi connectivity index (χ3n) is 10.4. The summed E-state index contributed by atoms with van der Waals surface area (Å²) in [6, 6.07) is 9.17. The molecular weight excluding hydrogens is 460 g/mol. The van der Waals surface area contributed by atoms with Crippen LogP contribution in [-0.4, -0.2) is 45.9 Å². The lowest BCUT2D eigenvalue weighted by Crippen LogP contribution is -2.50. The number of allylic oxidation sites excluding steroid dienone is 4. The number of Topliss-reactive ketones (excluding diaryl/α,β-unsaturated/α-hetero) is 1. The normalized spacial score (nSPS) is 33.9. The van der Waals surface area contributed by atoms with Gasteiger partial charge in [-0.3, -0.25) is 4.79 Å². The molecule has 200 valence electrons. The van der Waals surface area contributed by atoms with E-state index in [0.29, 0.717) is 30.1 Å². The number of hydrogen-bond acceptors (Lipinski definition) is 5. The molecular formula is C32H44N2O3. The third-order valence-corrected chi connectivity index (χ3v) is 10.4. The Bertz CT molecular complexity index is 1130. The molecule has 4 aliphatic rings. The van der Waals surface area contributed by atoms with Gasteiger partial charge in [-0.1, -0.05) is 36.7 Å². The number of oxime groups is 1. The molecule has 2 saturated carbocycles. The Hall–Kier alpha value is -2.40. The van der Waals surface area contributed by atoms with E-state index < -0.39 is 0 Å². The predicted octanol–water partition coefficient (Wildman–Crippen LogP) is 6.70. The van der Waals surface area contributed by atoms with Gasteiger partial charge < -0.3 is 14.5 Å². The van der Waals surface area contributed by atoms with Crippen molar-refractivity contribution in [2.75, 3.05) is 39.3 Å². The molecule has 0 radical (unpaired) electrons. The van der Waals surface area contributed by atoms with Crippen molar-refractivity contribution in [1.29, 1.82) is 0 Å². The molecule has 0 N–H and O–H groups in total. The van der Waals surface area contributed by atoms with Crippen LogP contribution in [0.15, 0.2) is 52.2 Å². The van der Waals surface area contributed by atoms with Crippen molar-refractivity contribution in [3.63, 3.8) is 0 Å². The molecule has 5 rings (SSSR count). The molecule has 0 heterocycles. The van der Waals surface area contributed by atoms with Crippen molar-refractivity contribution in [2.24, 2.45) is 27.8 Å². The zero-order valence-corrected chi connectivity index (χ0v) is 23.6. The number of carbonyl (C=O) groups is 1. The summed E-state index contributed by atoms with van der Waals surface area (Å²) in [5.41, 5.74) is 7.98. The maximum Gasteiger partial charge on any atom is 0.164 e. The SMILES string of the molecule is CCOCC(=O)[C@@]1(C)CCC2C3CCC4=C/C(=N/OC)CCC4=C3C(c3ccc(N(C)C)cc3)C[C@@]21C. The molecule has 0 amide bonds. The van der Waals surface area contributed by atoms with E-state index in [-0.39, 0.29) is 17.4 Å². The van der Waals surface area contributed by atoms with Crippen molar-refractivity contribution < 1.29 is 14.4 Å². The van der Waals surface area contributed by atoms with Crippen LogP contribution in [-0.2, 0) is 14.4 Å². The van der Waals surface area contributed by atoms with Gasteiger partial charge in [0.15, 0.2) is 5.78 Å². The van der Waals surface area contributed by atoms with Crippen LogP contribution in [0.25, 0.3) is 0 Å². The largest absolute Gasteiger partial charge is 0.399 e. The smallest absolute Gasteiger partial charge is 0.164 e. The van der Waals surface area contributed by atoms with Gasteiger partial charge in [-0.05, 0) is 104 Å². The van der Waals surface area contributed by atoms with Gasteiger partial charge >= 0.3 is 0 Å². The van der Waals surface area contributed by atoms with Crippen molar-refractivity contribution >= 4 is 17.2 Å². The van der Waals surface area contributed by atoms with E-state index in [9.17, 15) is 4.79 Å². The van der Waals surface area contributed by atoms with Crippen molar-refractivity contribution in [1.82, 2.24) is 0 Å². The molecule has 37 heavy (non-hydrogen) atoms. The molecule has 1 aromatic rings. The molecule has 0 saturated heterocycles. The number of carbonyl (C=O) groups excluding carboxylic acids is 1. The first-order valence-electron chi connectivity index (χ1n) is 14.2. The Labute approximate surface area is 223 Å². The number of ketones is 1. The summed E-state index contributed by atoms with van der Waals surface area (Å²) in [4.78, 5) is 20.9. The number of benzene rings is 1. The number of nitrogens with zero attached hydrogens (tertiary/aromatic N) is 2. The second kappa shape index (κ2) is 10.1. The lowest BCUT2D eigenvalue weighted by Gasteiger charge is -2.55. The van der Waals surface area contributed by atoms with Gasteiger partial charge in [-0.25, -0.2) is 0 Å². The van der Waals surface area contributed by atoms with Crippen LogP contribution in [0.5, 0.6) is 0 Å². The summed E-state index contributed by atoms with van der Waals surface area (Å²) >= 11 is 0. The fourth-order valence-electron chi connectivity index (χ4n) is 8.22. The van der Waals surface area contributed by atoms with Gasteiger partial charge in [-0.15, -0.1) is 0 Å². The van der Waals surface area contributed by atoms with E-state index in [0.717, 1.165) is 50.7 Å². The minimum absolute atomic E-state index is 0.0423. The maximum absolute atomic E-state index is 13.7. The van der Waals surface area contributed by atoms with Crippen LogP contribution < -0.4 is 4.90 Å². The molecule has 4 aliphatic carbocycles. The second-order valence-electron chi connectivity index (χ2n) is 12.2. The van der Waals surface area contributed by atoms with Gasteiger partial charge in [0.2, 0.25) is 0 Å². The van der Waals surface area contributed by atoms with Gasteiger partial charge in [0.25, 0.3) is 0 Å². The summed E-state index contributed by atoms with van der Waals surface area (Å²) in [5.74, 6) is 1.71. The molecule has 5 atom stereocenters. The van der Waals surface area contributed by atoms with E-state index >= 15 is 0 Å². The molecule has 3 unspecified atom stereocenters. The zero-order valence-electron chi connectivity index (χ0n) is 23.6. The molecule has 0 aliphatic heterocycles. The fraction of sp³-hybridized carbons (Fsp3) is 0.625. The van der Waals surface area contributed by atoms with Crippen LogP contribution in [0.4, 0.5) is 5.69 Å². The Morgan fingerprint density at radius 3 is 2.54 bits per heavy atom. The van der Waals surface area contributed by atoms with Crippen LogP contribution >= 0.6 is 0 Å². The van der Waals surface area contributed by atoms with E-state index in [1.54, 1.807) is 18.3 Å². The van der Waals surface area contributed by atoms with Crippen LogP contribution in [0, 0.1) is 22.7 Å². The highest BCUT2D eigenvalue weighted by molar-refractivity contribution is 5.97. The summed E-state index contributed by atoms with van der Waals surface area (Å²) in [6.07, 6.45) is 9.64. The monoisotopic (exact) mass is 504 g/mol. The first-order chi connectivity index (χ1) is 17.7. The first kappa shape index (κ1) is 26.2. The van der Waals surface area contributed by atoms with Gasteiger partial charge in [0, 0.05) is 37.7 Å². The van der Waals surface area contributed by atoms with Crippen LogP contribution in [0.3, 0.4) is 0 Å². The minimum atomic E-state index is -0.341. The average molecular weight is 505 g/mol. The molecule has 0 aromatic heterocycles. The summed E-state index contributed by atoms with van der Waals surface area (Å²) in [7, 11) is 5.82. The van der Waals surface area contributed by atoms with Crippen LogP contribution in [0.1, 0.15) is 77.2 Å². The van der Waals surface area contributed by atoms with Gasteiger partial charge in [-0.2, -0.15) is 0 Å². The molecule has 0 spiro atoms. The number of rotatable bonds is 7. The van der Waals surface area contributed by atoms with Crippen molar-refractivity contribution in [3.8, 4) is 0 Å². The second-order valence-corrected chi connectivity index (χ2v) is 12.2. The van der Waals surface area contributed by atoms with Crippen molar-refractivity contribution in [3.05, 3.63) is 52.6 Å². The minimum Gasteiger partial charge on any atom is -0.399 e. The Morgan fingerprint density at radius 2 is 1.86 bits per heavy atom. The lowest BCUT2D eigenvalue weighted by molar-refractivity contribution is -0.141. The third kappa shape index (κ3) is 4.27. The molecule has 5 heteroatoms. The summed E-state index contributed by atoms with van der Waals surface area (Å²) < 4.78 is 5.66. The molecule has 1 aromatic carbocycles. The zero-order chi connectivity index (χ0) is 26.4. The lowest BCUT2D eigenvalue weighted by atomic mass is 9.48. The standard InChI is InChI=1S/C32H44N2O3/c1-7-37-20-29(35)31(2)17-16-28-26-14-10-22-18-23(33-36-6)11-15-25(22)30(26)27(19-32(28,31)3)21-8-12-24(13-9-21)34(4)5/h8-9,12-13,18,26-28H,7,10-11,14-17,19-20H2,1-6H3/b33-23+/t26?,27?,28?,31-,32+/m1/s1. The number of fused-ring (bicyclic) bond motifs is 4. The Kier molecular flexibility index (Phi) is 7.12. The van der Waals surface area contributed by atoms with Gasteiger partial charge in [0.05, 0.1) is 5.71 Å². The number of anilines is 1. The van der Waals surface area contributed by atoms with Gasteiger partial charge in [0.1, 0.15) is 13.7 Å². The first-order valence-corrected chi connectivity index (χ1v) is 14.2. The predicted molar refractivity (Wildman–Crippen MR) is 150 cm³/mol. The Balaban J connectivity index is 1.62. The highest BCUT2D eigenvalue weighted by Crippen LogP contribution is 2.69. The average Bonchev–Trinajstić information content (AvgIpc) is 3.18. The van der Waals surface area contributed by atoms with E-state index in [4.69, 9.17) is 9.57 Å². The Morgan fingerprint density at radius 1 is 1.11 bits per heavy atom. The highest BCUT2D eigenvalue weighted by Gasteiger charge is 2.63.